The van der Waals surface area contributed by atoms with Gasteiger partial charge in [-0.2, -0.15) is 0 Å². The van der Waals surface area contributed by atoms with Gasteiger partial charge in [0.25, 0.3) is 0 Å². The Balaban J connectivity index is 3.31. The third kappa shape index (κ3) is 7.28. The van der Waals surface area contributed by atoms with E-state index in [1.54, 1.807) is 7.11 Å². The predicted molar refractivity (Wildman–Crippen MR) is 47.1 cm³/mol. The number of aliphatic carboxylic acids is 1. The van der Waals surface area contributed by atoms with Crippen molar-refractivity contribution >= 4 is 5.97 Å². The van der Waals surface area contributed by atoms with Crippen LogP contribution in [0.15, 0.2) is 12.2 Å². The van der Waals surface area contributed by atoms with Crippen molar-refractivity contribution in [2.24, 2.45) is 0 Å². The van der Waals surface area contributed by atoms with Gasteiger partial charge >= 0.3 is 5.97 Å². The molecule has 0 bridgehead atoms. The van der Waals surface area contributed by atoms with E-state index in [0.29, 0.717) is 6.42 Å². The van der Waals surface area contributed by atoms with E-state index in [9.17, 15) is 4.79 Å². The molecule has 0 rings (SSSR count). The molecule has 0 amide bonds. The van der Waals surface area contributed by atoms with E-state index >= 15 is 0 Å². The standard InChI is InChI=1S/C9H16O3/c1-8(12-2)6-4-3-5-7-9(10)11/h3-4,8H,5-7H2,1-2H3,(H,10,11)/b4-3+/t8-/m0/s1. The summed E-state index contributed by atoms with van der Waals surface area (Å²) in [4.78, 5) is 10.1. The van der Waals surface area contributed by atoms with Crippen LogP contribution in [0.1, 0.15) is 26.2 Å². The number of ether oxygens (including phenoxy) is 1. The summed E-state index contributed by atoms with van der Waals surface area (Å²) in [6.07, 6.45) is 5.70. The fourth-order valence-electron chi connectivity index (χ4n) is 0.709. The molecule has 1 atom stereocenters. The normalized spacial score (nSPS) is 13.5. The molecule has 0 aliphatic heterocycles. The van der Waals surface area contributed by atoms with Crippen molar-refractivity contribution in [1.82, 2.24) is 0 Å². The van der Waals surface area contributed by atoms with Gasteiger partial charge in [0.15, 0.2) is 0 Å². The summed E-state index contributed by atoms with van der Waals surface area (Å²) in [6, 6.07) is 0. The van der Waals surface area contributed by atoms with Crippen LogP contribution in [-0.4, -0.2) is 24.3 Å². The Kier molecular flexibility index (Phi) is 6.38. The van der Waals surface area contributed by atoms with Gasteiger partial charge in [-0.25, -0.2) is 0 Å². The first kappa shape index (κ1) is 11.2. The maximum Gasteiger partial charge on any atom is 0.303 e. The second kappa shape index (κ2) is 6.85. The van der Waals surface area contributed by atoms with Crippen molar-refractivity contribution in [2.45, 2.75) is 32.3 Å². The number of rotatable bonds is 6. The lowest BCUT2D eigenvalue weighted by Gasteiger charge is -2.03. The second-order valence-electron chi connectivity index (χ2n) is 2.69. The number of hydrogen-bond donors (Lipinski definition) is 1. The highest BCUT2D eigenvalue weighted by molar-refractivity contribution is 5.66. The highest BCUT2D eigenvalue weighted by Crippen LogP contribution is 1.98. The zero-order valence-corrected chi connectivity index (χ0v) is 7.62. The topological polar surface area (TPSA) is 46.5 Å². The Morgan fingerprint density at radius 3 is 2.75 bits per heavy atom. The molecule has 70 valence electrons. The molecule has 0 unspecified atom stereocenters. The van der Waals surface area contributed by atoms with Crippen molar-refractivity contribution in [1.29, 1.82) is 0 Å². The van der Waals surface area contributed by atoms with Crippen LogP contribution in [0.4, 0.5) is 0 Å². The van der Waals surface area contributed by atoms with Gasteiger partial charge < -0.3 is 9.84 Å². The molecule has 0 aliphatic rings. The van der Waals surface area contributed by atoms with Crippen LogP contribution in [0.2, 0.25) is 0 Å². The summed E-state index contributed by atoms with van der Waals surface area (Å²) >= 11 is 0. The van der Waals surface area contributed by atoms with E-state index in [1.165, 1.54) is 0 Å². The Morgan fingerprint density at radius 2 is 2.25 bits per heavy atom. The maximum atomic E-state index is 10.1. The fourth-order valence-corrected chi connectivity index (χ4v) is 0.709. The van der Waals surface area contributed by atoms with Crippen LogP contribution in [0, 0.1) is 0 Å². The smallest absolute Gasteiger partial charge is 0.303 e. The molecule has 0 aromatic heterocycles. The zero-order valence-electron chi connectivity index (χ0n) is 7.62. The second-order valence-corrected chi connectivity index (χ2v) is 2.69. The van der Waals surface area contributed by atoms with Crippen molar-refractivity contribution < 1.29 is 14.6 Å². The van der Waals surface area contributed by atoms with Crippen molar-refractivity contribution in [3.8, 4) is 0 Å². The first-order chi connectivity index (χ1) is 5.66. The number of carbonyl (C=O) groups is 1. The molecule has 12 heavy (non-hydrogen) atoms. The summed E-state index contributed by atoms with van der Waals surface area (Å²) in [7, 11) is 1.66. The summed E-state index contributed by atoms with van der Waals surface area (Å²) in [5.74, 6) is -0.751. The molecule has 0 aromatic rings. The quantitative estimate of drug-likeness (QED) is 0.622. The molecule has 0 aromatic carbocycles. The third-order valence-corrected chi connectivity index (χ3v) is 1.56. The molecule has 3 heteroatoms. The Labute approximate surface area is 73.0 Å². The van der Waals surface area contributed by atoms with Crippen LogP contribution in [0.25, 0.3) is 0 Å². The van der Waals surface area contributed by atoms with Gasteiger partial charge in [-0.1, -0.05) is 12.2 Å². The van der Waals surface area contributed by atoms with E-state index < -0.39 is 5.97 Å². The lowest BCUT2D eigenvalue weighted by molar-refractivity contribution is -0.136. The van der Waals surface area contributed by atoms with Crippen molar-refractivity contribution in [2.75, 3.05) is 7.11 Å². The van der Waals surface area contributed by atoms with E-state index in [0.717, 1.165) is 6.42 Å². The zero-order chi connectivity index (χ0) is 9.40. The molecule has 0 spiro atoms. The third-order valence-electron chi connectivity index (χ3n) is 1.56. The first-order valence-corrected chi connectivity index (χ1v) is 4.06. The Hall–Kier alpha value is -0.830. The monoisotopic (exact) mass is 172 g/mol. The minimum Gasteiger partial charge on any atom is -0.481 e. The van der Waals surface area contributed by atoms with Gasteiger partial charge in [-0.05, 0) is 19.8 Å². The van der Waals surface area contributed by atoms with Crippen LogP contribution in [-0.2, 0) is 9.53 Å². The summed E-state index contributed by atoms with van der Waals surface area (Å²) < 4.78 is 5.01. The molecule has 0 saturated heterocycles. The SMILES string of the molecule is CO[C@@H](C)C/C=C/CCC(=O)O. The van der Waals surface area contributed by atoms with Crippen molar-refractivity contribution in [3.63, 3.8) is 0 Å². The molecule has 3 nitrogen and oxygen atoms in total. The van der Waals surface area contributed by atoms with Crippen LogP contribution >= 0.6 is 0 Å². The number of allylic oxidation sites excluding steroid dienone is 1. The van der Waals surface area contributed by atoms with Crippen molar-refractivity contribution in [3.05, 3.63) is 12.2 Å². The molecule has 0 saturated carbocycles. The van der Waals surface area contributed by atoms with Crippen LogP contribution in [0.5, 0.6) is 0 Å². The van der Waals surface area contributed by atoms with Gasteiger partial charge in [0.2, 0.25) is 0 Å². The highest BCUT2D eigenvalue weighted by atomic mass is 16.5. The lowest BCUT2D eigenvalue weighted by Crippen LogP contribution is -2.01. The van der Waals surface area contributed by atoms with Gasteiger partial charge in [-0.15, -0.1) is 0 Å². The number of carboxylic acid groups (broad SMARTS) is 1. The van der Waals surface area contributed by atoms with Crippen LogP contribution < -0.4 is 0 Å². The largest absolute Gasteiger partial charge is 0.481 e. The molecule has 0 fully saturated rings. The molecule has 0 radical (unpaired) electrons. The molecule has 0 heterocycles. The van der Waals surface area contributed by atoms with Gasteiger partial charge in [0.1, 0.15) is 0 Å². The maximum absolute atomic E-state index is 10.1. The average Bonchev–Trinajstić information content (AvgIpc) is 2.03. The molecule has 0 aliphatic carbocycles. The van der Waals surface area contributed by atoms with Gasteiger partial charge in [0, 0.05) is 13.5 Å². The molecular formula is C9H16O3. The summed E-state index contributed by atoms with van der Waals surface area (Å²) in [5, 5.41) is 8.31. The average molecular weight is 172 g/mol. The predicted octanol–water partition coefficient (Wildman–Crippen LogP) is 1.83. The Bertz CT molecular complexity index is 152. The fraction of sp³-hybridized carbons (Fsp3) is 0.667. The first-order valence-electron chi connectivity index (χ1n) is 4.06. The minimum atomic E-state index is -0.751. The number of methoxy groups -OCH3 is 1. The van der Waals surface area contributed by atoms with E-state index in [1.807, 2.05) is 19.1 Å². The van der Waals surface area contributed by atoms with E-state index in [-0.39, 0.29) is 12.5 Å². The van der Waals surface area contributed by atoms with E-state index in [2.05, 4.69) is 0 Å². The minimum absolute atomic E-state index is 0.206. The van der Waals surface area contributed by atoms with E-state index in [4.69, 9.17) is 9.84 Å². The summed E-state index contributed by atoms with van der Waals surface area (Å²) in [6.45, 7) is 1.97. The highest BCUT2D eigenvalue weighted by Gasteiger charge is 1.94. The van der Waals surface area contributed by atoms with Gasteiger partial charge in [-0.3, -0.25) is 4.79 Å². The summed E-state index contributed by atoms with van der Waals surface area (Å²) in [5.41, 5.74) is 0. The number of hydrogen-bond acceptors (Lipinski definition) is 2. The van der Waals surface area contributed by atoms with Crippen LogP contribution in [0.3, 0.4) is 0 Å². The Morgan fingerprint density at radius 1 is 1.58 bits per heavy atom. The van der Waals surface area contributed by atoms with Gasteiger partial charge in [0.05, 0.1) is 6.10 Å². The number of carboxylic acids is 1. The lowest BCUT2D eigenvalue weighted by atomic mass is 10.2. The molecular weight excluding hydrogens is 156 g/mol. The molecule has 1 N–H and O–H groups in total.